The van der Waals surface area contributed by atoms with Crippen molar-refractivity contribution in [3.63, 3.8) is 0 Å². The highest BCUT2D eigenvalue weighted by molar-refractivity contribution is 5.91. The minimum absolute atomic E-state index is 0.111. The molecule has 2 N–H and O–H groups in total. The molecule has 1 aromatic carbocycles. The molecule has 3 aromatic rings. The fraction of sp³-hybridized carbons (Fsp3) is 0.417. The number of amides is 1. The molecule has 1 saturated carbocycles. The minimum atomic E-state index is -0.155. The largest absolute Gasteiger partial charge is 0.494 e. The van der Waals surface area contributed by atoms with Crippen LogP contribution >= 0.6 is 0 Å². The van der Waals surface area contributed by atoms with E-state index in [9.17, 15) is 9.59 Å². The van der Waals surface area contributed by atoms with Crippen LogP contribution in [0.3, 0.4) is 0 Å². The van der Waals surface area contributed by atoms with Crippen molar-refractivity contribution in [2.45, 2.75) is 57.8 Å². The first-order chi connectivity index (χ1) is 15.6. The number of anilines is 1. The van der Waals surface area contributed by atoms with Crippen molar-refractivity contribution in [1.82, 2.24) is 19.7 Å². The molecule has 0 spiro atoms. The summed E-state index contributed by atoms with van der Waals surface area (Å²) < 4.78 is 7.03. The van der Waals surface area contributed by atoms with E-state index >= 15 is 0 Å². The molecule has 0 radical (unpaired) electrons. The van der Waals surface area contributed by atoms with Gasteiger partial charge in [-0.1, -0.05) is 12.1 Å². The number of hydrogen-bond acceptors (Lipinski definition) is 5. The highest BCUT2D eigenvalue weighted by Gasteiger charge is 2.29. The molecule has 1 fully saturated rings. The maximum absolute atomic E-state index is 12.8. The molecule has 0 bridgehead atoms. The van der Waals surface area contributed by atoms with Crippen LogP contribution in [0.25, 0.3) is 5.95 Å². The van der Waals surface area contributed by atoms with Gasteiger partial charge in [-0.15, -0.1) is 0 Å². The second kappa shape index (κ2) is 8.61. The molecule has 0 unspecified atom stereocenters. The van der Waals surface area contributed by atoms with Crippen LogP contribution in [0.2, 0.25) is 0 Å². The summed E-state index contributed by atoms with van der Waals surface area (Å²) >= 11 is 0. The number of ether oxygens (including phenoxy) is 1. The summed E-state index contributed by atoms with van der Waals surface area (Å²) in [7, 11) is 0. The molecule has 0 saturated heterocycles. The van der Waals surface area contributed by atoms with Crippen LogP contribution in [0.15, 0.2) is 35.1 Å². The Balaban J connectivity index is 1.40. The molecule has 166 valence electrons. The van der Waals surface area contributed by atoms with E-state index in [4.69, 9.17) is 9.72 Å². The fourth-order valence-corrected chi connectivity index (χ4v) is 4.16. The van der Waals surface area contributed by atoms with Gasteiger partial charge in [-0.3, -0.25) is 14.6 Å². The fourth-order valence-electron chi connectivity index (χ4n) is 4.16. The Hall–Kier alpha value is -3.42. The molecule has 5 rings (SSSR count). The zero-order valence-corrected chi connectivity index (χ0v) is 18.2. The zero-order chi connectivity index (χ0) is 22.1. The van der Waals surface area contributed by atoms with Crippen molar-refractivity contribution in [2.24, 2.45) is 0 Å². The molecule has 8 heteroatoms. The number of rotatable bonds is 7. The number of aromatic nitrogens is 4. The summed E-state index contributed by atoms with van der Waals surface area (Å²) in [6.07, 6.45) is 6.00. The third-order valence-corrected chi connectivity index (χ3v) is 5.97. The van der Waals surface area contributed by atoms with Crippen LogP contribution in [-0.4, -0.2) is 32.3 Å². The third kappa shape index (κ3) is 4.30. The van der Waals surface area contributed by atoms with Gasteiger partial charge in [0.05, 0.1) is 24.4 Å². The van der Waals surface area contributed by atoms with Crippen molar-refractivity contribution in [3.05, 3.63) is 63.2 Å². The van der Waals surface area contributed by atoms with E-state index in [0.29, 0.717) is 24.3 Å². The highest BCUT2D eigenvalue weighted by atomic mass is 16.5. The normalized spacial score (nSPS) is 15.3. The Morgan fingerprint density at radius 3 is 2.75 bits per heavy atom. The summed E-state index contributed by atoms with van der Waals surface area (Å²) in [5.74, 6) is 1.92. The molecule has 8 nitrogen and oxygen atoms in total. The molecule has 2 aliphatic rings. The van der Waals surface area contributed by atoms with E-state index in [1.54, 1.807) is 4.68 Å². The minimum Gasteiger partial charge on any atom is -0.494 e. The number of benzene rings is 1. The summed E-state index contributed by atoms with van der Waals surface area (Å²) in [5, 5.41) is 7.65. The van der Waals surface area contributed by atoms with Gasteiger partial charge in [-0.25, -0.2) is 4.98 Å². The van der Waals surface area contributed by atoms with Gasteiger partial charge in [0.25, 0.3) is 5.56 Å². The first kappa shape index (κ1) is 20.5. The third-order valence-electron chi connectivity index (χ3n) is 5.97. The van der Waals surface area contributed by atoms with Gasteiger partial charge in [0.1, 0.15) is 11.6 Å². The Bertz CT molecular complexity index is 1190. The summed E-state index contributed by atoms with van der Waals surface area (Å²) in [4.78, 5) is 33.0. The molecule has 2 heterocycles. The summed E-state index contributed by atoms with van der Waals surface area (Å²) in [6.45, 7) is 2.54. The number of hydrogen-bond donors (Lipinski definition) is 2. The van der Waals surface area contributed by atoms with E-state index in [-0.39, 0.29) is 17.9 Å². The van der Waals surface area contributed by atoms with Gasteiger partial charge in [0, 0.05) is 17.5 Å². The standard InChI is InChI=1S/C24H27N5O3/c1-2-32-17-11-7-15(8-12-17)13-22(30)26-21-14-20(16-9-10-16)28-29(21)24-25-19-6-4-3-5-18(19)23(31)27-24/h7-8,11-12,14,16H,2-6,9-10,13H2,1H3,(H,26,30)(H,25,27,31). The first-order valence-electron chi connectivity index (χ1n) is 11.3. The van der Waals surface area contributed by atoms with Crippen LogP contribution in [0.1, 0.15) is 61.0 Å². The van der Waals surface area contributed by atoms with E-state index < -0.39 is 0 Å². The SMILES string of the molecule is CCOc1ccc(CC(=O)Nc2cc(C3CC3)nn2-c2nc3c(c(=O)[nH]2)CCCC3)cc1. The number of nitrogens with one attached hydrogen (secondary N) is 2. The molecule has 2 aliphatic carbocycles. The monoisotopic (exact) mass is 433 g/mol. The number of fused-ring (bicyclic) bond motifs is 1. The summed E-state index contributed by atoms with van der Waals surface area (Å²) in [6, 6.07) is 9.40. The lowest BCUT2D eigenvalue weighted by Gasteiger charge is -2.15. The van der Waals surface area contributed by atoms with E-state index in [0.717, 1.165) is 66.8 Å². The van der Waals surface area contributed by atoms with Gasteiger partial charge < -0.3 is 10.1 Å². The molecule has 1 amide bonds. The number of aryl methyl sites for hydroxylation is 1. The average Bonchev–Trinajstić information content (AvgIpc) is 3.56. The lowest BCUT2D eigenvalue weighted by Crippen LogP contribution is -2.25. The Labute approximate surface area is 186 Å². The van der Waals surface area contributed by atoms with Gasteiger partial charge in [-0.05, 0) is 63.1 Å². The van der Waals surface area contributed by atoms with Crippen LogP contribution in [0.4, 0.5) is 5.82 Å². The quantitative estimate of drug-likeness (QED) is 0.595. The molecular formula is C24H27N5O3. The lowest BCUT2D eigenvalue weighted by molar-refractivity contribution is -0.115. The molecule has 32 heavy (non-hydrogen) atoms. The molecule has 0 atom stereocenters. The van der Waals surface area contributed by atoms with E-state index in [2.05, 4.69) is 15.4 Å². The highest BCUT2D eigenvalue weighted by Crippen LogP contribution is 2.40. The predicted molar refractivity (Wildman–Crippen MR) is 121 cm³/mol. The van der Waals surface area contributed by atoms with Gasteiger partial charge in [0.2, 0.25) is 11.9 Å². The van der Waals surface area contributed by atoms with Crippen molar-refractivity contribution in [1.29, 1.82) is 0 Å². The smallest absolute Gasteiger partial charge is 0.255 e. The van der Waals surface area contributed by atoms with E-state index in [1.807, 2.05) is 37.3 Å². The second-order valence-corrected chi connectivity index (χ2v) is 8.46. The van der Waals surface area contributed by atoms with Crippen molar-refractivity contribution >= 4 is 11.7 Å². The number of aromatic amines is 1. The Morgan fingerprint density at radius 2 is 2.00 bits per heavy atom. The van der Waals surface area contributed by atoms with Gasteiger partial charge in [-0.2, -0.15) is 9.78 Å². The van der Waals surface area contributed by atoms with E-state index in [1.165, 1.54) is 0 Å². The second-order valence-electron chi connectivity index (χ2n) is 8.46. The number of carbonyl (C=O) groups is 1. The van der Waals surface area contributed by atoms with Gasteiger partial charge in [0.15, 0.2) is 0 Å². The van der Waals surface area contributed by atoms with Crippen molar-refractivity contribution < 1.29 is 9.53 Å². The van der Waals surface area contributed by atoms with Crippen molar-refractivity contribution in [2.75, 3.05) is 11.9 Å². The molecule has 2 aromatic heterocycles. The molecule has 0 aliphatic heterocycles. The maximum Gasteiger partial charge on any atom is 0.255 e. The maximum atomic E-state index is 12.8. The summed E-state index contributed by atoms with van der Waals surface area (Å²) in [5.41, 5.74) is 3.31. The van der Waals surface area contributed by atoms with Gasteiger partial charge >= 0.3 is 0 Å². The number of H-pyrrole nitrogens is 1. The Morgan fingerprint density at radius 1 is 1.22 bits per heavy atom. The average molecular weight is 434 g/mol. The predicted octanol–water partition coefficient (Wildman–Crippen LogP) is 3.29. The van der Waals surface area contributed by atoms with Crippen molar-refractivity contribution in [3.8, 4) is 11.7 Å². The zero-order valence-electron chi connectivity index (χ0n) is 18.2. The number of carbonyl (C=O) groups excluding carboxylic acids is 1. The molecular weight excluding hydrogens is 406 g/mol. The topological polar surface area (TPSA) is 102 Å². The van der Waals surface area contributed by atoms with Crippen LogP contribution < -0.4 is 15.6 Å². The van der Waals surface area contributed by atoms with Crippen LogP contribution in [0.5, 0.6) is 5.75 Å². The number of nitrogens with zero attached hydrogens (tertiary/aromatic N) is 3. The van der Waals surface area contributed by atoms with Crippen LogP contribution in [0, 0.1) is 0 Å². The lowest BCUT2D eigenvalue weighted by atomic mass is 9.97. The van der Waals surface area contributed by atoms with Crippen LogP contribution in [-0.2, 0) is 24.1 Å². The first-order valence-corrected chi connectivity index (χ1v) is 11.3. The Kier molecular flexibility index (Phi) is 5.51.